The molecule has 1 aromatic carbocycles. The third kappa shape index (κ3) is 3.35. The molecule has 3 rings (SSSR count). The van der Waals surface area contributed by atoms with Gasteiger partial charge in [-0.25, -0.2) is 0 Å². The van der Waals surface area contributed by atoms with Gasteiger partial charge in [-0.3, -0.25) is 9.59 Å². The van der Waals surface area contributed by atoms with E-state index in [1.165, 1.54) is 0 Å². The largest absolute Gasteiger partial charge is 0.370 e. The SMILES string of the molecule is NC(=O)C[C@@H](NC(=O)C1C2CCC(C2)C1N)c1cccc(Cl)c1. The van der Waals surface area contributed by atoms with E-state index in [0.29, 0.717) is 16.9 Å². The summed E-state index contributed by atoms with van der Waals surface area (Å²) in [4.78, 5) is 24.1. The number of nitrogens with one attached hydrogen (secondary N) is 1. The van der Waals surface area contributed by atoms with Gasteiger partial charge in [-0.05, 0) is 48.8 Å². The highest BCUT2D eigenvalue weighted by Gasteiger charge is 2.49. The number of hydrogen-bond donors (Lipinski definition) is 3. The molecule has 2 bridgehead atoms. The van der Waals surface area contributed by atoms with Crippen molar-refractivity contribution >= 4 is 23.4 Å². The zero-order valence-electron chi connectivity index (χ0n) is 12.9. The summed E-state index contributed by atoms with van der Waals surface area (Å²) >= 11 is 6.01. The van der Waals surface area contributed by atoms with Gasteiger partial charge in [0.1, 0.15) is 0 Å². The average molecular weight is 336 g/mol. The highest BCUT2D eigenvalue weighted by molar-refractivity contribution is 6.30. The zero-order valence-corrected chi connectivity index (χ0v) is 13.6. The van der Waals surface area contributed by atoms with Gasteiger partial charge in [-0.1, -0.05) is 23.7 Å². The topological polar surface area (TPSA) is 98.2 Å². The van der Waals surface area contributed by atoms with Gasteiger partial charge in [0.05, 0.1) is 18.4 Å². The number of carbonyl (C=O) groups excluding carboxylic acids is 2. The van der Waals surface area contributed by atoms with Gasteiger partial charge in [-0.15, -0.1) is 0 Å². The van der Waals surface area contributed by atoms with E-state index in [1.54, 1.807) is 18.2 Å². The molecule has 0 saturated heterocycles. The van der Waals surface area contributed by atoms with Crippen molar-refractivity contribution in [2.24, 2.45) is 29.2 Å². The van der Waals surface area contributed by atoms with E-state index in [2.05, 4.69) is 5.32 Å². The van der Waals surface area contributed by atoms with Crippen LogP contribution in [0.2, 0.25) is 5.02 Å². The maximum absolute atomic E-state index is 12.7. The lowest BCUT2D eigenvalue weighted by Crippen LogP contribution is -2.46. The van der Waals surface area contributed by atoms with Gasteiger partial charge in [-0.2, -0.15) is 0 Å². The van der Waals surface area contributed by atoms with E-state index >= 15 is 0 Å². The molecule has 0 aliphatic heterocycles. The van der Waals surface area contributed by atoms with Crippen molar-refractivity contribution in [1.29, 1.82) is 0 Å². The Bertz CT molecular complexity index is 620. The second-order valence-corrected chi connectivity index (χ2v) is 7.16. The molecule has 5 atom stereocenters. The first-order valence-corrected chi connectivity index (χ1v) is 8.43. The standard InChI is InChI=1S/C17H22ClN3O2/c18-12-3-1-2-9(7-12)13(8-14(19)22)21-17(23)15-10-4-5-11(6-10)16(15)20/h1-3,7,10-11,13,15-16H,4-6,8,20H2,(H2,19,22)(H,21,23)/t10?,11?,13-,15?,16?/m1/s1. The highest BCUT2D eigenvalue weighted by atomic mass is 35.5. The fourth-order valence-electron chi connectivity index (χ4n) is 4.17. The predicted octanol–water partition coefficient (Wildman–Crippen LogP) is 1.75. The Morgan fingerprint density at radius 2 is 2.04 bits per heavy atom. The molecule has 23 heavy (non-hydrogen) atoms. The second kappa shape index (κ2) is 6.49. The van der Waals surface area contributed by atoms with Crippen LogP contribution in [0.1, 0.15) is 37.3 Å². The normalized spacial score (nSPS) is 30.2. The van der Waals surface area contributed by atoms with E-state index in [1.807, 2.05) is 6.07 Å². The number of benzene rings is 1. The summed E-state index contributed by atoms with van der Waals surface area (Å²) in [6.07, 6.45) is 3.27. The van der Waals surface area contributed by atoms with Crippen molar-refractivity contribution in [3.63, 3.8) is 0 Å². The Labute approximate surface area is 140 Å². The van der Waals surface area contributed by atoms with E-state index in [-0.39, 0.29) is 24.3 Å². The number of amides is 2. The molecule has 2 aliphatic rings. The van der Waals surface area contributed by atoms with E-state index in [4.69, 9.17) is 23.1 Å². The summed E-state index contributed by atoms with van der Waals surface area (Å²) in [6, 6.07) is 6.57. The molecular weight excluding hydrogens is 314 g/mol. The minimum absolute atomic E-state index is 0.0438. The van der Waals surface area contributed by atoms with Gasteiger partial charge in [0.25, 0.3) is 0 Å². The molecule has 5 nitrogen and oxygen atoms in total. The Morgan fingerprint density at radius 3 is 2.65 bits per heavy atom. The molecular formula is C17H22ClN3O2. The number of rotatable bonds is 5. The van der Waals surface area contributed by atoms with Gasteiger partial charge < -0.3 is 16.8 Å². The molecule has 0 spiro atoms. The first-order valence-electron chi connectivity index (χ1n) is 8.05. The Kier molecular flexibility index (Phi) is 4.60. The maximum atomic E-state index is 12.7. The molecule has 0 radical (unpaired) electrons. The van der Waals surface area contributed by atoms with Crippen LogP contribution in [0, 0.1) is 17.8 Å². The molecule has 2 fully saturated rings. The van der Waals surface area contributed by atoms with Crippen molar-refractivity contribution in [1.82, 2.24) is 5.32 Å². The molecule has 4 unspecified atom stereocenters. The zero-order chi connectivity index (χ0) is 16.6. The monoisotopic (exact) mass is 335 g/mol. The Balaban J connectivity index is 1.76. The minimum Gasteiger partial charge on any atom is -0.370 e. The highest BCUT2D eigenvalue weighted by Crippen LogP contribution is 2.47. The lowest BCUT2D eigenvalue weighted by Gasteiger charge is -2.29. The van der Waals surface area contributed by atoms with Crippen LogP contribution in [-0.2, 0) is 9.59 Å². The van der Waals surface area contributed by atoms with Crippen LogP contribution >= 0.6 is 11.6 Å². The number of halogens is 1. The van der Waals surface area contributed by atoms with Crippen LogP contribution in [-0.4, -0.2) is 17.9 Å². The lowest BCUT2D eigenvalue weighted by molar-refractivity contribution is -0.128. The summed E-state index contributed by atoms with van der Waals surface area (Å²) in [5.74, 6) is 0.117. The quantitative estimate of drug-likeness (QED) is 0.764. The smallest absolute Gasteiger partial charge is 0.225 e. The van der Waals surface area contributed by atoms with Crippen LogP contribution < -0.4 is 16.8 Å². The van der Waals surface area contributed by atoms with Crippen LogP contribution in [0.25, 0.3) is 0 Å². The third-order valence-corrected chi connectivity index (χ3v) is 5.49. The Hall–Kier alpha value is -1.59. The van der Waals surface area contributed by atoms with Gasteiger partial charge >= 0.3 is 0 Å². The fraction of sp³-hybridized carbons (Fsp3) is 0.529. The molecule has 2 aliphatic carbocycles. The molecule has 6 heteroatoms. The second-order valence-electron chi connectivity index (χ2n) is 6.72. The van der Waals surface area contributed by atoms with Crippen LogP contribution in [0.5, 0.6) is 0 Å². The summed E-state index contributed by atoms with van der Waals surface area (Å²) in [5.41, 5.74) is 12.3. The van der Waals surface area contributed by atoms with Gasteiger partial charge in [0, 0.05) is 11.1 Å². The number of primary amides is 1. The van der Waals surface area contributed by atoms with E-state index in [0.717, 1.165) is 24.8 Å². The number of nitrogens with two attached hydrogens (primary N) is 2. The molecule has 5 N–H and O–H groups in total. The first kappa shape index (κ1) is 16.3. The first-order chi connectivity index (χ1) is 11.0. The Morgan fingerprint density at radius 1 is 1.30 bits per heavy atom. The molecule has 2 saturated carbocycles. The van der Waals surface area contributed by atoms with Crippen molar-refractivity contribution in [3.05, 3.63) is 34.9 Å². The maximum Gasteiger partial charge on any atom is 0.225 e. The lowest BCUT2D eigenvalue weighted by atomic mass is 9.84. The predicted molar refractivity (Wildman–Crippen MR) is 88.4 cm³/mol. The molecule has 2 amide bonds. The number of hydrogen-bond acceptors (Lipinski definition) is 3. The van der Waals surface area contributed by atoms with Crippen LogP contribution in [0.4, 0.5) is 0 Å². The van der Waals surface area contributed by atoms with Crippen LogP contribution in [0.3, 0.4) is 0 Å². The average Bonchev–Trinajstić information content (AvgIpc) is 3.06. The van der Waals surface area contributed by atoms with Gasteiger partial charge in [0.15, 0.2) is 0 Å². The molecule has 1 aromatic rings. The minimum atomic E-state index is -0.468. The van der Waals surface area contributed by atoms with Crippen molar-refractivity contribution in [3.8, 4) is 0 Å². The van der Waals surface area contributed by atoms with Crippen molar-refractivity contribution < 1.29 is 9.59 Å². The fourth-order valence-corrected chi connectivity index (χ4v) is 4.37. The summed E-state index contributed by atoms with van der Waals surface area (Å²) < 4.78 is 0. The van der Waals surface area contributed by atoms with E-state index in [9.17, 15) is 9.59 Å². The summed E-state index contributed by atoms with van der Waals surface area (Å²) in [5, 5.41) is 3.53. The van der Waals surface area contributed by atoms with Crippen molar-refractivity contribution in [2.75, 3.05) is 0 Å². The molecule has 124 valence electrons. The number of carbonyl (C=O) groups is 2. The summed E-state index contributed by atoms with van der Waals surface area (Å²) in [7, 11) is 0. The molecule has 0 aromatic heterocycles. The van der Waals surface area contributed by atoms with E-state index < -0.39 is 11.9 Å². The van der Waals surface area contributed by atoms with Crippen molar-refractivity contribution in [2.45, 2.75) is 37.8 Å². The summed E-state index contributed by atoms with van der Waals surface area (Å²) in [6.45, 7) is 0. The van der Waals surface area contributed by atoms with Crippen LogP contribution in [0.15, 0.2) is 24.3 Å². The third-order valence-electron chi connectivity index (χ3n) is 5.26. The van der Waals surface area contributed by atoms with Gasteiger partial charge in [0.2, 0.25) is 11.8 Å². The number of fused-ring (bicyclic) bond motifs is 2. The molecule has 0 heterocycles.